The van der Waals surface area contributed by atoms with Crippen molar-refractivity contribution >= 4 is 81.5 Å². The Balaban J connectivity index is 6.59. The number of rotatable bonds is 18. The molecule has 21 heteroatoms. The SMILES string of the molecule is C#[Si]O[Si](C)(O[SiH](C)C)O[Si](OC)(OC)O[Si](O[Si]#C)(O[SiH](C)C)O[Si](OC)(OC)O[SiH](C)C. The van der Waals surface area contributed by atoms with Crippen LogP contribution in [0.4, 0.5) is 0 Å². The lowest BCUT2D eigenvalue weighted by Crippen LogP contribution is -2.70. The van der Waals surface area contributed by atoms with E-state index in [4.69, 9.17) is 62.6 Å². The first-order chi connectivity index (χ1) is 15.7. The van der Waals surface area contributed by atoms with Crippen LogP contribution in [0.15, 0.2) is 0 Å². The summed E-state index contributed by atoms with van der Waals surface area (Å²) < 4.78 is 71.1. The van der Waals surface area contributed by atoms with Gasteiger partial charge in [-0.15, -0.1) is 12.0 Å². The largest absolute Gasteiger partial charge is 0.721 e. The van der Waals surface area contributed by atoms with Crippen LogP contribution in [0.2, 0.25) is 45.8 Å². The van der Waals surface area contributed by atoms with Crippen LogP contribution in [0.1, 0.15) is 0 Å². The van der Waals surface area contributed by atoms with E-state index < -0.39 is 72.3 Å². The Kier molecular flexibility index (Phi) is 16.2. The van der Waals surface area contributed by atoms with Crippen molar-refractivity contribution in [3.05, 3.63) is 0 Å². The first kappa shape index (κ1) is 34.7. The molecule has 0 aliphatic carbocycles. The minimum atomic E-state index is -4.20. The second-order valence-corrected chi connectivity index (χ2v) is 27.5. The standard InChI is InChI=1S/C13H38O12Si9/c1-14-32(15-2,21-29(9)10)24-34(19-27-6,22-30(11)12)25-33(16-3,17-4)23-31(13,18-26-5)20-28(7)8/h5-6,28-30H,1-4,7-13H3. The van der Waals surface area contributed by atoms with E-state index in [1.165, 1.54) is 28.4 Å². The topological polar surface area (TPSA) is 111 Å². The van der Waals surface area contributed by atoms with E-state index in [1.54, 1.807) is 6.55 Å². The van der Waals surface area contributed by atoms with Crippen molar-refractivity contribution in [1.29, 1.82) is 0 Å². The summed E-state index contributed by atoms with van der Waals surface area (Å²) in [7, 11) is -16.0. The van der Waals surface area contributed by atoms with Crippen molar-refractivity contribution in [3.8, 4) is 12.0 Å². The zero-order valence-corrected chi connectivity index (χ0v) is 31.2. The van der Waals surface area contributed by atoms with E-state index in [0.29, 0.717) is 0 Å². The van der Waals surface area contributed by atoms with Gasteiger partial charge in [-0.3, -0.25) is 0 Å². The van der Waals surface area contributed by atoms with Crippen molar-refractivity contribution < 1.29 is 50.6 Å². The maximum absolute atomic E-state index is 6.31. The van der Waals surface area contributed by atoms with Crippen LogP contribution in [0.3, 0.4) is 0 Å². The molecule has 0 spiro atoms. The summed E-state index contributed by atoms with van der Waals surface area (Å²) in [6.07, 6.45) is 0. The van der Waals surface area contributed by atoms with E-state index in [2.05, 4.69) is 0 Å². The highest BCUT2D eigenvalue weighted by molar-refractivity contribution is 6.84. The molecule has 0 aliphatic heterocycles. The molecule has 0 aromatic carbocycles. The van der Waals surface area contributed by atoms with Crippen LogP contribution in [0, 0.1) is 12.0 Å². The number of hydrogen-bond donors (Lipinski definition) is 0. The second-order valence-electron chi connectivity index (χ2n) is 7.42. The Morgan fingerprint density at radius 2 is 0.912 bits per heavy atom. The quantitative estimate of drug-likeness (QED) is 0.188. The van der Waals surface area contributed by atoms with Crippen molar-refractivity contribution in [2.24, 2.45) is 0 Å². The van der Waals surface area contributed by atoms with Gasteiger partial charge < -0.3 is 50.6 Å². The van der Waals surface area contributed by atoms with E-state index in [0.717, 1.165) is 0 Å². The molecule has 0 saturated heterocycles. The van der Waals surface area contributed by atoms with Gasteiger partial charge in [-0.1, -0.05) is 0 Å². The predicted molar refractivity (Wildman–Crippen MR) is 144 cm³/mol. The molecular formula is C13H38O12Si9. The minimum absolute atomic E-state index is 0.383. The summed E-state index contributed by atoms with van der Waals surface area (Å²) in [5.74, 6) is 0. The molecule has 34 heavy (non-hydrogen) atoms. The second kappa shape index (κ2) is 15.8. The van der Waals surface area contributed by atoms with Crippen LogP contribution in [-0.4, -0.2) is 110 Å². The van der Waals surface area contributed by atoms with Gasteiger partial charge in [-0.2, -0.15) is 0 Å². The first-order valence-electron chi connectivity index (χ1n) is 10.4. The molecular weight excluding hydrogens is 601 g/mol. The Hall–Kier alpha value is 0.712. The molecule has 2 atom stereocenters. The Morgan fingerprint density at radius 1 is 0.529 bits per heavy atom. The summed E-state index contributed by atoms with van der Waals surface area (Å²) >= 11 is 0. The lowest BCUT2D eigenvalue weighted by Gasteiger charge is -2.40. The van der Waals surface area contributed by atoms with Crippen LogP contribution in [0.5, 0.6) is 0 Å². The molecule has 0 aromatic rings. The maximum Gasteiger partial charge on any atom is 0.721 e. The average Bonchev–Trinajstić information content (AvgIpc) is 2.71. The Morgan fingerprint density at radius 3 is 1.26 bits per heavy atom. The molecule has 198 valence electrons. The third-order valence-electron chi connectivity index (χ3n) is 3.45. The van der Waals surface area contributed by atoms with Crippen molar-refractivity contribution in [1.82, 2.24) is 0 Å². The highest BCUT2D eigenvalue weighted by atomic mass is 28.6. The third kappa shape index (κ3) is 11.4. The van der Waals surface area contributed by atoms with Crippen LogP contribution >= 0.6 is 0 Å². The van der Waals surface area contributed by atoms with E-state index in [1.807, 2.05) is 39.3 Å². The summed E-state index contributed by atoms with van der Waals surface area (Å²) in [6.45, 7) is 13.3. The molecule has 0 radical (unpaired) electrons. The number of hydrogen-bond acceptors (Lipinski definition) is 12. The summed E-state index contributed by atoms with van der Waals surface area (Å²) in [5, 5.41) is 0. The predicted octanol–water partition coefficient (Wildman–Crippen LogP) is -0.0531. The smallest absolute Gasteiger partial charge is 0.517 e. The molecule has 0 aliphatic rings. The fourth-order valence-electron chi connectivity index (χ4n) is 2.48. The van der Waals surface area contributed by atoms with Gasteiger partial charge in [0.05, 0.1) is 0 Å². The zero-order chi connectivity index (χ0) is 26.6. The monoisotopic (exact) mass is 638 g/mol. The van der Waals surface area contributed by atoms with Gasteiger partial charge in [0, 0.05) is 35.0 Å². The lowest BCUT2D eigenvalue weighted by molar-refractivity contribution is -0.00946. The molecule has 0 rings (SSSR count). The summed E-state index contributed by atoms with van der Waals surface area (Å²) in [6, 6.07) is 11.5. The van der Waals surface area contributed by atoms with Crippen LogP contribution in [0.25, 0.3) is 0 Å². The zero-order valence-electron chi connectivity index (χ0n) is 21.8. The van der Waals surface area contributed by atoms with Gasteiger partial charge >= 0.3 is 35.9 Å². The molecule has 0 aromatic heterocycles. The summed E-state index contributed by atoms with van der Waals surface area (Å²) in [4.78, 5) is 0. The fourth-order valence-corrected chi connectivity index (χ4v) is 25.8. The van der Waals surface area contributed by atoms with Gasteiger partial charge in [0.15, 0.2) is 27.1 Å². The van der Waals surface area contributed by atoms with E-state index in [9.17, 15) is 0 Å². The molecule has 0 N–H and O–H groups in total. The fraction of sp³-hybridized carbons (Fsp3) is 0.846. The highest BCUT2D eigenvalue weighted by Gasteiger charge is 2.68. The third-order valence-corrected chi connectivity index (χ3v) is 25.0. The molecule has 2 unspecified atom stereocenters. The van der Waals surface area contributed by atoms with E-state index in [-0.39, 0.29) is 9.20 Å². The normalized spacial score (nSPS) is 16.1. The van der Waals surface area contributed by atoms with Crippen LogP contribution < -0.4 is 0 Å². The van der Waals surface area contributed by atoms with Gasteiger partial charge in [0.25, 0.3) is 0 Å². The summed E-state index contributed by atoms with van der Waals surface area (Å²) in [5.41, 5.74) is 0. The molecule has 0 amide bonds. The minimum Gasteiger partial charge on any atom is -0.517 e. The van der Waals surface area contributed by atoms with Crippen molar-refractivity contribution in [3.63, 3.8) is 0 Å². The van der Waals surface area contributed by atoms with Crippen LogP contribution in [-0.2, 0) is 50.6 Å². The average molecular weight is 639 g/mol. The van der Waals surface area contributed by atoms with Crippen molar-refractivity contribution in [2.75, 3.05) is 28.4 Å². The van der Waals surface area contributed by atoms with Crippen molar-refractivity contribution in [2.45, 2.75) is 45.8 Å². The van der Waals surface area contributed by atoms with Gasteiger partial charge in [0.1, 0.15) is 0 Å². The molecule has 0 heterocycles. The molecule has 12 nitrogen and oxygen atoms in total. The molecule has 0 saturated carbocycles. The maximum atomic E-state index is 6.31. The molecule has 0 fully saturated rings. The Bertz CT molecular complexity index is 681. The lowest BCUT2D eigenvalue weighted by atomic mass is 11.8. The first-order valence-corrected chi connectivity index (χ1v) is 27.8. The highest BCUT2D eigenvalue weighted by Crippen LogP contribution is 2.29. The molecule has 0 bridgehead atoms. The van der Waals surface area contributed by atoms with Gasteiger partial charge in [-0.05, 0) is 39.3 Å². The van der Waals surface area contributed by atoms with Gasteiger partial charge in [0.2, 0.25) is 18.4 Å². The Labute approximate surface area is 217 Å². The van der Waals surface area contributed by atoms with Gasteiger partial charge in [-0.25, -0.2) is 0 Å². The van der Waals surface area contributed by atoms with E-state index >= 15 is 0 Å².